The van der Waals surface area contributed by atoms with Crippen LogP contribution in [0.3, 0.4) is 0 Å². The molecule has 0 unspecified atom stereocenters. The number of nitro groups is 1. The molecule has 0 atom stereocenters. The SMILES string of the molecule is CCCCOc1ccc(Oc2ccc([N+](=O)[O-])c(N)c2)cc1. The summed E-state index contributed by atoms with van der Waals surface area (Å²) < 4.78 is 11.2. The van der Waals surface area contributed by atoms with E-state index >= 15 is 0 Å². The van der Waals surface area contributed by atoms with Crippen molar-refractivity contribution in [3.05, 3.63) is 52.6 Å². The molecule has 0 saturated carbocycles. The van der Waals surface area contributed by atoms with Crippen molar-refractivity contribution < 1.29 is 14.4 Å². The fourth-order valence-electron chi connectivity index (χ4n) is 1.84. The van der Waals surface area contributed by atoms with E-state index in [-0.39, 0.29) is 11.4 Å². The van der Waals surface area contributed by atoms with Gasteiger partial charge in [0, 0.05) is 12.1 Å². The molecule has 2 aromatic carbocycles. The third-order valence-corrected chi connectivity index (χ3v) is 3.02. The summed E-state index contributed by atoms with van der Waals surface area (Å²) >= 11 is 0. The monoisotopic (exact) mass is 302 g/mol. The van der Waals surface area contributed by atoms with Gasteiger partial charge in [0.25, 0.3) is 5.69 Å². The Bertz CT molecular complexity index is 641. The van der Waals surface area contributed by atoms with E-state index in [1.807, 2.05) is 12.1 Å². The average Bonchev–Trinajstić information content (AvgIpc) is 2.49. The number of rotatable bonds is 7. The van der Waals surface area contributed by atoms with Crippen molar-refractivity contribution in [1.29, 1.82) is 0 Å². The Morgan fingerprint density at radius 3 is 2.32 bits per heavy atom. The Balaban J connectivity index is 2.01. The number of anilines is 1. The van der Waals surface area contributed by atoms with Crippen molar-refractivity contribution in [2.75, 3.05) is 12.3 Å². The van der Waals surface area contributed by atoms with E-state index in [0.717, 1.165) is 18.6 Å². The lowest BCUT2D eigenvalue weighted by Gasteiger charge is -2.08. The molecule has 0 amide bonds. The highest BCUT2D eigenvalue weighted by Crippen LogP contribution is 2.29. The molecule has 0 saturated heterocycles. The zero-order valence-corrected chi connectivity index (χ0v) is 12.3. The summed E-state index contributed by atoms with van der Waals surface area (Å²) in [4.78, 5) is 10.2. The number of nitrogens with zero attached hydrogens (tertiary/aromatic N) is 1. The van der Waals surface area contributed by atoms with Crippen molar-refractivity contribution in [2.24, 2.45) is 0 Å². The number of ether oxygens (including phenoxy) is 2. The van der Waals surface area contributed by atoms with Gasteiger partial charge < -0.3 is 15.2 Å². The summed E-state index contributed by atoms with van der Waals surface area (Å²) in [5.41, 5.74) is 5.57. The maximum absolute atomic E-state index is 10.7. The van der Waals surface area contributed by atoms with Crippen LogP contribution < -0.4 is 15.2 Å². The Labute approximate surface area is 128 Å². The number of nitro benzene ring substituents is 1. The zero-order chi connectivity index (χ0) is 15.9. The maximum Gasteiger partial charge on any atom is 0.292 e. The minimum Gasteiger partial charge on any atom is -0.494 e. The third kappa shape index (κ3) is 4.12. The molecule has 0 spiro atoms. The molecule has 0 aliphatic heterocycles. The minimum absolute atomic E-state index is 0.0713. The molecule has 2 aromatic rings. The highest BCUT2D eigenvalue weighted by atomic mass is 16.6. The van der Waals surface area contributed by atoms with Crippen LogP contribution in [0.5, 0.6) is 17.2 Å². The van der Waals surface area contributed by atoms with E-state index in [1.54, 1.807) is 12.1 Å². The summed E-state index contributed by atoms with van der Waals surface area (Å²) in [6, 6.07) is 11.5. The number of nitrogen functional groups attached to an aromatic ring is 1. The Morgan fingerprint density at radius 2 is 1.73 bits per heavy atom. The molecule has 2 N–H and O–H groups in total. The van der Waals surface area contributed by atoms with Gasteiger partial charge in [0.15, 0.2) is 0 Å². The fraction of sp³-hybridized carbons (Fsp3) is 0.250. The third-order valence-electron chi connectivity index (χ3n) is 3.02. The smallest absolute Gasteiger partial charge is 0.292 e. The van der Waals surface area contributed by atoms with E-state index in [4.69, 9.17) is 15.2 Å². The Hall–Kier alpha value is -2.76. The van der Waals surface area contributed by atoms with Crippen LogP contribution in [0.15, 0.2) is 42.5 Å². The number of unbranched alkanes of at least 4 members (excludes halogenated alkanes) is 1. The number of nitrogens with two attached hydrogens (primary N) is 1. The molecular weight excluding hydrogens is 284 g/mol. The van der Waals surface area contributed by atoms with E-state index in [1.165, 1.54) is 18.2 Å². The first-order valence-corrected chi connectivity index (χ1v) is 7.04. The summed E-state index contributed by atoms with van der Waals surface area (Å²) in [5.74, 6) is 1.84. The topological polar surface area (TPSA) is 87.6 Å². The molecule has 6 nitrogen and oxygen atoms in total. The lowest BCUT2D eigenvalue weighted by Crippen LogP contribution is -1.97. The van der Waals surface area contributed by atoms with Gasteiger partial charge in [-0.3, -0.25) is 10.1 Å². The summed E-state index contributed by atoms with van der Waals surface area (Å²) in [6.45, 7) is 2.80. The lowest BCUT2D eigenvalue weighted by atomic mass is 10.2. The van der Waals surface area contributed by atoms with Gasteiger partial charge in [-0.1, -0.05) is 13.3 Å². The van der Waals surface area contributed by atoms with E-state index in [9.17, 15) is 10.1 Å². The van der Waals surface area contributed by atoms with Crippen LogP contribution in [0, 0.1) is 10.1 Å². The molecule has 0 aliphatic rings. The van der Waals surface area contributed by atoms with Crippen molar-refractivity contribution in [3.8, 4) is 17.2 Å². The molecule has 0 heterocycles. The quantitative estimate of drug-likeness (QED) is 0.359. The Morgan fingerprint density at radius 1 is 1.09 bits per heavy atom. The molecular formula is C16H18N2O4. The normalized spacial score (nSPS) is 10.2. The standard InChI is InChI=1S/C16H18N2O4/c1-2-3-10-21-12-4-6-13(7-5-12)22-14-8-9-16(18(19)20)15(17)11-14/h4-9,11H,2-3,10,17H2,1H3. The second-order valence-corrected chi connectivity index (χ2v) is 4.75. The molecule has 2 rings (SSSR count). The average molecular weight is 302 g/mol. The summed E-state index contributed by atoms with van der Waals surface area (Å²) in [7, 11) is 0. The van der Waals surface area contributed by atoms with Crippen molar-refractivity contribution in [3.63, 3.8) is 0 Å². The lowest BCUT2D eigenvalue weighted by molar-refractivity contribution is -0.383. The first-order valence-electron chi connectivity index (χ1n) is 7.04. The van der Waals surface area contributed by atoms with Gasteiger partial charge in [0.05, 0.1) is 11.5 Å². The van der Waals surface area contributed by atoms with Gasteiger partial charge in [-0.2, -0.15) is 0 Å². The van der Waals surface area contributed by atoms with Gasteiger partial charge in [-0.25, -0.2) is 0 Å². The molecule has 0 aliphatic carbocycles. The highest BCUT2D eigenvalue weighted by Gasteiger charge is 2.11. The maximum atomic E-state index is 10.7. The van der Waals surface area contributed by atoms with E-state index in [0.29, 0.717) is 18.1 Å². The van der Waals surface area contributed by atoms with Crippen LogP contribution in [-0.2, 0) is 0 Å². The second kappa shape index (κ2) is 7.31. The van der Waals surface area contributed by atoms with Crippen molar-refractivity contribution >= 4 is 11.4 Å². The molecule has 0 aromatic heterocycles. The second-order valence-electron chi connectivity index (χ2n) is 4.75. The Kier molecular flexibility index (Phi) is 5.19. The van der Waals surface area contributed by atoms with Crippen LogP contribution in [0.25, 0.3) is 0 Å². The van der Waals surface area contributed by atoms with Gasteiger partial charge >= 0.3 is 0 Å². The molecule has 0 bridgehead atoms. The number of hydrogen-bond donors (Lipinski definition) is 1. The van der Waals surface area contributed by atoms with Crippen molar-refractivity contribution in [1.82, 2.24) is 0 Å². The van der Waals surface area contributed by atoms with Crippen LogP contribution in [0.4, 0.5) is 11.4 Å². The molecule has 0 radical (unpaired) electrons. The van der Waals surface area contributed by atoms with Crippen LogP contribution in [-0.4, -0.2) is 11.5 Å². The minimum atomic E-state index is -0.526. The number of benzene rings is 2. The molecule has 116 valence electrons. The van der Waals surface area contributed by atoms with E-state index < -0.39 is 4.92 Å². The van der Waals surface area contributed by atoms with Crippen molar-refractivity contribution in [2.45, 2.75) is 19.8 Å². The van der Waals surface area contributed by atoms with Crippen LogP contribution >= 0.6 is 0 Å². The summed E-state index contributed by atoms with van der Waals surface area (Å²) in [6.07, 6.45) is 2.10. The molecule has 0 fully saturated rings. The summed E-state index contributed by atoms with van der Waals surface area (Å²) in [5, 5.41) is 10.7. The van der Waals surface area contributed by atoms with Crippen LogP contribution in [0.1, 0.15) is 19.8 Å². The van der Waals surface area contributed by atoms with Crippen LogP contribution in [0.2, 0.25) is 0 Å². The largest absolute Gasteiger partial charge is 0.494 e. The van der Waals surface area contributed by atoms with Gasteiger partial charge in [0.2, 0.25) is 0 Å². The molecule has 22 heavy (non-hydrogen) atoms. The van der Waals surface area contributed by atoms with Gasteiger partial charge in [-0.15, -0.1) is 0 Å². The predicted octanol–water partition coefficient (Wildman–Crippen LogP) is 4.15. The van der Waals surface area contributed by atoms with Gasteiger partial charge in [-0.05, 0) is 36.8 Å². The fourth-order valence-corrected chi connectivity index (χ4v) is 1.84. The van der Waals surface area contributed by atoms with Gasteiger partial charge in [0.1, 0.15) is 22.9 Å². The number of hydrogen-bond acceptors (Lipinski definition) is 5. The molecule has 6 heteroatoms. The zero-order valence-electron chi connectivity index (χ0n) is 12.3. The predicted molar refractivity (Wildman–Crippen MR) is 84.4 cm³/mol. The van der Waals surface area contributed by atoms with E-state index in [2.05, 4.69) is 6.92 Å². The first kappa shape index (κ1) is 15.6. The highest BCUT2D eigenvalue weighted by molar-refractivity contribution is 5.61. The first-order chi connectivity index (χ1) is 10.6.